The van der Waals surface area contributed by atoms with Crippen molar-refractivity contribution in [1.29, 1.82) is 0 Å². The lowest BCUT2D eigenvalue weighted by molar-refractivity contribution is -0.142. The van der Waals surface area contributed by atoms with Gasteiger partial charge in [0.2, 0.25) is 0 Å². The van der Waals surface area contributed by atoms with E-state index >= 15 is 0 Å². The van der Waals surface area contributed by atoms with Crippen LogP contribution in [0.15, 0.2) is 24.3 Å². The van der Waals surface area contributed by atoms with Gasteiger partial charge in [0.25, 0.3) is 0 Å². The number of benzene rings is 1. The maximum atomic E-state index is 11.5. The molecule has 1 N–H and O–H groups in total. The van der Waals surface area contributed by atoms with E-state index in [4.69, 9.17) is 9.47 Å². The molecule has 1 saturated heterocycles. The third-order valence-corrected chi connectivity index (χ3v) is 3.58. The Bertz CT molecular complexity index is 479. The van der Waals surface area contributed by atoms with Crippen molar-refractivity contribution in [2.24, 2.45) is 0 Å². The second-order valence-corrected chi connectivity index (χ2v) is 6.24. The molecule has 1 aromatic carbocycles. The van der Waals surface area contributed by atoms with E-state index in [1.165, 1.54) is 12.7 Å². The second-order valence-electron chi connectivity index (χ2n) is 6.24. The zero-order valence-corrected chi connectivity index (χ0v) is 12.6. The van der Waals surface area contributed by atoms with Crippen LogP contribution in [0.4, 0.5) is 0 Å². The molecule has 1 aromatic rings. The summed E-state index contributed by atoms with van der Waals surface area (Å²) in [6.07, 6.45) is 0.654. The number of hydrogen-bond acceptors (Lipinski definition) is 4. The fourth-order valence-electron chi connectivity index (χ4n) is 2.34. The molecule has 2 atom stereocenters. The Morgan fingerprint density at radius 1 is 1.35 bits per heavy atom. The monoisotopic (exact) mass is 277 g/mol. The first-order chi connectivity index (χ1) is 9.40. The molecule has 4 nitrogen and oxygen atoms in total. The Morgan fingerprint density at radius 2 is 2.10 bits per heavy atom. The van der Waals surface area contributed by atoms with Crippen molar-refractivity contribution in [1.82, 2.24) is 5.32 Å². The summed E-state index contributed by atoms with van der Waals surface area (Å²) in [5.41, 5.74) is 1.34. The summed E-state index contributed by atoms with van der Waals surface area (Å²) in [4.78, 5) is 11.5. The first-order valence-electron chi connectivity index (χ1n) is 6.98. The van der Waals surface area contributed by atoms with Gasteiger partial charge < -0.3 is 14.8 Å². The maximum absolute atomic E-state index is 11.5. The van der Waals surface area contributed by atoms with E-state index in [-0.39, 0.29) is 23.5 Å². The number of rotatable bonds is 3. The van der Waals surface area contributed by atoms with E-state index in [1.807, 2.05) is 12.1 Å². The predicted molar refractivity (Wildman–Crippen MR) is 78.0 cm³/mol. The Hall–Kier alpha value is -1.55. The fourth-order valence-corrected chi connectivity index (χ4v) is 2.34. The van der Waals surface area contributed by atoms with Crippen molar-refractivity contribution < 1.29 is 14.3 Å². The Morgan fingerprint density at radius 3 is 2.75 bits per heavy atom. The van der Waals surface area contributed by atoms with Gasteiger partial charge in [0.1, 0.15) is 17.9 Å². The highest BCUT2D eigenvalue weighted by molar-refractivity contribution is 5.76. The van der Waals surface area contributed by atoms with Crippen LogP contribution in [0.3, 0.4) is 0 Å². The molecule has 1 aliphatic rings. The molecule has 0 bridgehead atoms. The average Bonchev–Trinajstić information content (AvgIpc) is 2.85. The summed E-state index contributed by atoms with van der Waals surface area (Å²) >= 11 is 0. The molecule has 0 amide bonds. The van der Waals surface area contributed by atoms with Gasteiger partial charge in [0.05, 0.1) is 7.11 Å². The zero-order chi connectivity index (χ0) is 14.8. The molecule has 0 aromatic heterocycles. The van der Waals surface area contributed by atoms with Gasteiger partial charge in [-0.15, -0.1) is 0 Å². The molecule has 0 radical (unpaired) electrons. The minimum absolute atomic E-state index is 0.00863. The summed E-state index contributed by atoms with van der Waals surface area (Å²) in [7, 11) is 1.41. The quantitative estimate of drug-likeness (QED) is 0.861. The van der Waals surface area contributed by atoms with Crippen molar-refractivity contribution in [3.8, 4) is 5.75 Å². The summed E-state index contributed by atoms with van der Waals surface area (Å²) in [6, 6.07) is 7.90. The number of methoxy groups -OCH3 is 1. The average molecular weight is 277 g/mol. The first kappa shape index (κ1) is 14.9. The molecule has 0 spiro atoms. The van der Waals surface area contributed by atoms with Gasteiger partial charge in [-0.05, 0) is 23.1 Å². The van der Waals surface area contributed by atoms with Gasteiger partial charge >= 0.3 is 5.97 Å². The number of esters is 1. The molecular weight excluding hydrogens is 254 g/mol. The summed E-state index contributed by atoms with van der Waals surface area (Å²) in [5.74, 6) is 0.634. The van der Waals surface area contributed by atoms with Crippen LogP contribution in [0.1, 0.15) is 32.8 Å². The number of carbonyl (C=O) groups excluding carboxylic acids is 1. The van der Waals surface area contributed by atoms with Crippen LogP contribution in [0, 0.1) is 0 Å². The molecule has 1 fully saturated rings. The lowest BCUT2D eigenvalue weighted by atomic mass is 9.87. The molecule has 4 heteroatoms. The SMILES string of the molecule is COC(=O)[C@H]1C[C@@H](Oc2cccc(C(C)(C)C)c2)CN1. The first-order valence-corrected chi connectivity index (χ1v) is 6.98. The number of ether oxygens (including phenoxy) is 2. The third kappa shape index (κ3) is 3.51. The van der Waals surface area contributed by atoms with Crippen molar-refractivity contribution in [2.75, 3.05) is 13.7 Å². The molecule has 0 saturated carbocycles. The fraction of sp³-hybridized carbons (Fsp3) is 0.562. The normalized spacial score (nSPS) is 22.6. The molecular formula is C16H23NO3. The van der Waals surface area contributed by atoms with E-state index in [9.17, 15) is 4.79 Å². The van der Waals surface area contributed by atoms with Gasteiger partial charge in [-0.3, -0.25) is 4.79 Å². The van der Waals surface area contributed by atoms with Crippen LogP contribution in [0.25, 0.3) is 0 Å². The standard InChI is InChI=1S/C16H23NO3/c1-16(2,3)11-6-5-7-12(8-11)20-13-9-14(17-10-13)15(18)19-4/h5-8,13-14,17H,9-10H2,1-4H3/t13-,14-/m1/s1. The van der Waals surface area contributed by atoms with Crippen LogP contribution in [-0.4, -0.2) is 31.8 Å². The van der Waals surface area contributed by atoms with Crippen LogP contribution in [-0.2, 0) is 14.9 Å². The highest BCUT2D eigenvalue weighted by atomic mass is 16.5. The van der Waals surface area contributed by atoms with Crippen molar-refractivity contribution in [3.05, 3.63) is 29.8 Å². The summed E-state index contributed by atoms with van der Waals surface area (Å²) < 4.78 is 10.7. The Labute approximate surface area is 120 Å². The predicted octanol–water partition coefficient (Wildman–Crippen LogP) is 2.27. The van der Waals surface area contributed by atoms with E-state index < -0.39 is 0 Å². The van der Waals surface area contributed by atoms with E-state index in [1.54, 1.807) is 0 Å². The molecule has 2 rings (SSSR count). The van der Waals surface area contributed by atoms with E-state index in [2.05, 4.69) is 38.2 Å². The minimum atomic E-state index is -0.254. The van der Waals surface area contributed by atoms with Gasteiger partial charge in [0, 0.05) is 13.0 Å². The van der Waals surface area contributed by atoms with Gasteiger partial charge in [-0.25, -0.2) is 0 Å². The highest BCUT2D eigenvalue weighted by Crippen LogP contribution is 2.27. The largest absolute Gasteiger partial charge is 0.489 e. The molecule has 110 valence electrons. The van der Waals surface area contributed by atoms with Crippen molar-refractivity contribution in [2.45, 2.75) is 44.8 Å². The van der Waals surface area contributed by atoms with Gasteiger partial charge in [-0.2, -0.15) is 0 Å². The summed E-state index contributed by atoms with van der Waals surface area (Å²) in [5, 5.41) is 3.12. The lowest BCUT2D eigenvalue weighted by Crippen LogP contribution is -2.31. The molecule has 1 aliphatic heterocycles. The van der Waals surface area contributed by atoms with E-state index in [0.29, 0.717) is 13.0 Å². The lowest BCUT2D eigenvalue weighted by Gasteiger charge is -2.21. The number of nitrogens with one attached hydrogen (secondary N) is 1. The van der Waals surface area contributed by atoms with Crippen LogP contribution >= 0.6 is 0 Å². The van der Waals surface area contributed by atoms with Crippen LogP contribution < -0.4 is 10.1 Å². The number of carbonyl (C=O) groups is 1. The maximum Gasteiger partial charge on any atom is 0.323 e. The van der Waals surface area contributed by atoms with Gasteiger partial charge in [-0.1, -0.05) is 32.9 Å². The minimum Gasteiger partial charge on any atom is -0.489 e. The number of hydrogen-bond donors (Lipinski definition) is 1. The summed E-state index contributed by atoms with van der Waals surface area (Å²) in [6.45, 7) is 7.20. The Kier molecular flexibility index (Phi) is 4.33. The molecule has 1 heterocycles. The molecule has 0 unspecified atom stereocenters. The third-order valence-electron chi connectivity index (χ3n) is 3.58. The Balaban J connectivity index is 2.00. The topological polar surface area (TPSA) is 47.6 Å². The van der Waals surface area contributed by atoms with Crippen molar-refractivity contribution in [3.63, 3.8) is 0 Å². The second kappa shape index (κ2) is 5.83. The smallest absolute Gasteiger partial charge is 0.323 e. The van der Waals surface area contributed by atoms with Crippen LogP contribution in [0.2, 0.25) is 0 Å². The highest BCUT2D eigenvalue weighted by Gasteiger charge is 2.31. The molecule has 20 heavy (non-hydrogen) atoms. The van der Waals surface area contributed by atoms with Gasteiger partial charge in [0.15, 0.2) is 0 Å². The van der Waals surface area contributed by atoms with E-state index in [0.717, 1.165) is 5.75 Å². The van der Waals surface area contributed by atoms with Crippen molar-refractivity contribution >= 4 is 5.97 Å². The molecule has 0 aliphatic carbocycles. The van der Waals surface area contributed by atoms with Crippen LogP contribution in [0.5, 0.6) is 5.75 Å². The zero-order valence-electron chi connectivity index (χ0n) is 12.6.